The molecule has 1 unspecified atom stereocenters. The average molecular weight is 851 g/mol. The molecule has 0 bridgehead atoms. The molecule has 61 heavy (non-hydrogen) atoms. The summed E-state index contributed by atoms with van der Waals surface area (Å²) in [5.74, 6) is -0.954. The Balaban J connectivity index is 4.41. The summed E-state index contributed by atoms with van der Waals surface area (Å²) in [4.78, 5) is 37.9. The largest absolute Gasteiger partial charge is 0.462 e. The topological polar surface area (TPSA) is 78.9 Å². The average Bonchev–Trinajstić information content (AvgIpc) is 3.26. The van der Waals surface area contributed by atoms with Gasteiger partial charge in [0.2, 0.25) is 0 Å². The Bertz CT molecular complexity index is 1160. The number of hydrogen-bond acceptors (Lipinski definition) is 6. The van der Waals surface area contributed by atoms with Crippen LogP contribution in [0, 0.1) is 0 Å². The SMILES string of the molecule is CC/C=C\C/C=C\C/C=C\CCCCCC(=O)OCC(COC(=O)CCCCCCCCCCCCCCCCCCC)OC(=O)CCCCC/C=C\C/C=C\C/C=C\CC. The van der Waals surface area contributed by atoms with Gasteiger partial charge < -0.3 is 14.2 Å². The number of allylic oxidation sites excluding steroid dienone is 12. The number of hydrogen-bond donors (Lipinski definition) is 0. The highest BCUT2D eigenvalue weighted by Crippen LogP contribution is 2.15. The Labute approximate surface area is 376 Å². The summed E-state index contributed by atoms with van der Waals surface area (Å²) in [6, 6.07) is 0. The van der Waals surface area contributed by atoms with E-state index in [2.05, 4.69) is 93.7 Å². The lowest BCUT2D eigenvalue weighted by Crippen LogP contribution is -2.30. The summed E-state index contributed by atoms with van der Waals surface area (Å²) < 4.78 is 16.7. The highest BCUT2D eigenvalue weighted by molar-refractivity contribution is 5.71. The molecule has 6 nitrogen and oxygen atoms in total. The second-order valence-corrected chi connectivity index (χ2v) is 16.7. The standard InChI is InChI=1S/C55H94O6/c1-4-7-10-13-16-19-22-25-26-27-28-31-33-36-39-42-45-48-54(57)60-51-52(61-55(58)49-46-43-40-37-34-30-24-21-18-15-12-9-6-3)50-59-53(56)47-44-41-38-35-32-29-23-20-17-14-11-8-5-2/h8-9,11-12,17-18,20-21,29-30,32,34,52H,4-7,10,13-16,19,22-28,31,33,35-51H2,1-3H3/b11-8-,12-9-,20-17-,21-18-,32-29-,34-30-. The summed E-state index contributed by atoms with van der Waals surface area (Å²) in [5, 5.41) is 0. The van der Waals surface area contributed by atoms with E-state index in [-0.39, 0.29) is 37.5 Å². The van der Waals surface area contributed by atoms with Crippen LogP contribution in [0.2, 0.25) is 0 Å². The van der Waals surface area contributed by atoms with Crippen LogP contribution in [0.25, 0.3) is 0 Å². The molecule has 0 aromatic heterocycles. The Kier molecular flexibility index (Phi) is 46.9. The van der Waals surface area contributed by atoms with Crippen LogP contribution in [-0.4, -0.2) is 37.2 Å². The number of rotatable bonds is 45. The molecule has 0 saturated carbocycles. The molecule has 0 aliphatic rings. The summed E-state index contributed by atoms with van der Waals surface area (Å²) >= 11 is 0. The van der Waals surface area contributed by atoms with Crippen molar-refractivity contribution < 1.29 is 28.6 Å². The van der Waals surface area contributed by atoms with Gasteiger partial charge in [-0.25, -0.2) is 0 Å². The predicted octanol–water partition coefficient (Wildman–Crippen LogP) is 16.6. The van der Waals surface area contributed by atoms with Gasteiger partial charge in [0, 0.05) is 19.3 Å². The van der Waals surface area contributed by atoms with E-state index in [4.69, 9.17) is 14.2 Å². The summed E-state index contributed by atoms with van der Waals surface area (Å²) in [5.41, 5.74) is 0. The third kappa shape index (κ3) is 47.7. The van der Waals surface area contributed by atoms with Gasteiger partial charge in [-0.3, -0.25) is 14.4 Å². The van der Waals surface area contributed by atoms with Gasteiger partial charge in [0.15, 0.2) is 6.10 Å². The molecule has 0 aromatic carbocycles. The predicted molar refractivity (Wildman–Crippen MR) is 261 cm³/mol. The van der Waals surface area contributed by atoms with Gasteiger partial charge in [0.1, 0.15) is 13.2 Å². The minimum Gasteiger partial charge on any atom is -0.462 e. The number of carbonyl (C=O) groups excluding carboxylic acids is 3. The van der Waals surface area contributed by atoms with Crippen LogP contribution in [0.4, 0.5) is 0 Å². The molecule has 0 aliphatic heterocycles. The minimum absolute atomic E-state index is 0.0953. The van der Waals surface area contributed by atoms with Gasteiger partial charge in [-0.05, 0) is 83.5 Å². The lowest BCUT2D eigenvalue weighted by atomic mass is 10.0. The number of unbranched alkanes of at least 4 members (excludes halogenated alkanes) is 22. The van der Waals surface area contributed by atoms with Crippen LogP contribution in [0.15, 0.2) is 72.9 Å². The van der Waals surface area contributed by atoms with Crippen LogP contribution in [-0.2, 0) is 28.6 Å². The van der Waals surface area contributed by atoms with Crippen molar-refractivity contribution in [3.63, 3.8) is 0 Å². The molecule has 0 heterocycles. The molecule has 0 radical (unpaired) electrons. The smallest absolute Gasteiger partial charge is 0.306 e. The van der Waals surface area contributed by atoms with E-state index in [9.17, 15) is 14.4 Å². The quantitative estimate of drug-likeness (QED) is 0.0263. The van der Waals surface area contributed by atoms with Crippen LogP contribution in [0.1, 0.15) is 239 Å². The lowest BCUT2D eigenvalue weighted by molar-refractivity contribution is -0.167. The second kappa shape index (κ2) is 49.5. The fraction of sp³-hybridized carbons (Fsp3) is 0.727. The summed E-state index contributed by atoms with van der Waals surface area (Å²) in [6.45, 7) is 6.36. The zero-order chi connectivity index (χ0) is 44.4. The maximum absolute atomic E-state index is 12.8. The van der Waals surface area contributed by atoms with E-state index < -0.39 is 6.10 Å². The van der Waals surface area contributed by atoms with Crippen molar-refractivity contribution in [1.82, 2.24) is 0 Å². The van der Waals surface area contributed by atoms with Crippen molar-refractivity contribution in [2.45, 2.75) is 245 Å². The maximum atomic E-state index is 12.8. The van der Waals surface area contributed by atoms with E-state index in [1.165, 1.54) is 89.9 Å². The van der Waals surface area contributed by atoms with Crippen molar-refractivity contribution in [3.05, 3.63) is 72.9 Å². The fourth-order valence-electron chi connectivity index (χ4n) is 6.94. The number of ether oxygens (including phenoxy) is 3. The lowest BCUT2D eigenvalue weighted by Gasteiger charge is -2.18. The molecule has 6 heteroatoms. The molecular formula is C55H94O6. The Morgan fingerprint density at radius 3 is 1.00 bits per heavy atom. The summed E-state index contributed by atoms with van der Waals surface area (Å²) in [7, 11) is 0. The zero-order valence-electron chi connectivity index (χ0n) is 39.9. The molecule has 0 rings (SSSR count). The Morgan fingerprint density at radius 1 is 0.344 bits per heavy atom. The first-order chi connectivity index (χ1) is 30.0. The minimum atomic E-state index is -0.800. The monoisotopic (exact) mass is 851 g/mol. The third-order valence-electron chi connectivity index (χ3n) is 10.7. The molecule has 0 N–H and O–H groups in total. The molecule has 0 aromatic rings. The molecule has 0 saturated heterocycles. The van der Waals surface area contributed by atoms with E-state index in [0.29, 0.717) is 12.8 Å². The van der Waals surface area contributed by atoms with Crippen molar-refractivity contribution in [2.24, 2.45) is 0 Å². The van der Waals surface area contributed by atoms with Gasteiger partial charge in [-0.1, -0.05) is 209 Å². The molecule has 0 amide bonds. The van der Waals surface area contributed by atoms with Crippen molar-refractivity contribution in [1.29, 1.82) is 0 Å². The van der Waals surface area contributed by atoms with E-state index >= 15 is 0 Å². The first-order valence-electron chi connectivity index (χ1n) is 25.4. The third-order valence-corrected chi connectivity index (χ3v) is 10.7. The molecule has 0 spiro atoms. The fourth-order valence-corrected chi connectivity index (χ4v) is 6.94. The molecule has 350 valence electrons. The Hall–Kier alpha value is -3.15. The van der Waals surface area contributed by atoms with Crippen molar-refractivity contribution in [2.75, 3.05) is 13.2 Å². The van der Waals surface area contributed by atoms with Gasteiger partial charge in [0.25, 0.3) is 0 Å². The van der Waals surface area contributed by atoms with E-state index in [1.807, 2.05) is 0 Å². The van der Waals surface area contributed by atoms with Gasteiger partial charge in [-0.15, -0.1) is 0 Å². The molecular weight excluding hydrogens is 757 g/mol. The van der Waals surface area contributed by atoms with Crippen LogP contribution in [0.3, 0.4) is 0 Å². The summed E-state index contributed by atoms with van der Waals surface area (Å²) in [6.07, 6.45) is 61.8. The van der Waals surface area contributed by atoms with Crippen LogP contribution < -0.4 is 0 Å². The molecule has 0 fully saturated rings. The van der Waals surface area contributed by atoms with Crippen molar-refractivity contribution >= 4 is 17.9 Å². The van der Waals surface area contributed by atoms with Crippen LogP contribution >= 0.6 is 0 Å². The highest BCUT2D eigenvalue weighted by atomic mass is 16.6. The first kappa shape index (κ1) is 57.9. The van der Waals surface area contributed by atoms with E-state index in [1.54, 1.807) is 0 Å². The molecule has 0 aliphatic carbocycles. The normalized spacial score (nSPS) is 12.6. The number of esters is 3. The van der Waals surface area contributed by atoms with E-state index in [0.717, 1.165) is 109 Å². The Morgan fingerprint density at radius 2 is 0.639 bits per heavy atom. The van der Waals surface area contributed by atoms with Gasteiger partial charge >= 0.3 is 17.9 Å². The van der Waals surface area contributed by atoms with Crippen LogP contribution in [0.5, 0.6) is 0 Å². The number of carbonyl (C=O) groups is 3. The zero-order valence-corrected chi connectivity index (χ0v) is 39.9. The van der Waals surface area contributed by atoms with Gasteiger partial charge in [-0.2, -0.15) is 0 Å². The van der Waals surface area contributed by atoms with Crippen molar-refractivity contribution in [3.8, 4) is 0 Å². The molecule has 1 atom stereocenters. The highest BCUT2D eigenvalue weighted by Gasteiger charge is 2.19. The maximum Gasteiger partial charge on any atom is 0.306 e. The second-order valence-electron chi connectivity index (χ2n) is 16.7. The first-order valence-corrected chi connectivity index (χ1v) is 25.4. The van der Waals surface area contributed by atoms with Gasteiger partial charge in [0.05, 0.1) is 0 Å².